The summed E-state index contributed by atoms with van der Waals surface area (Å²) in [5.41, 5.74) is 0. The van der Waals surface area contributed by atoms with Crippen molar-refractivity contribution in [2.45, 2.75) is 71.6 Å². The molecule has 0 aromatic heterocycles. The summed E-state index contributed by atoms with van der Waals surface area (Å²) >= 11 is 0. The zero-order chi connectivity index (χ0) is 17.2. The molecule has 134 valence electrons. The van der Waals surface area contributed by atoms with Crippen LogP contribution in [0.2, 0.25) is 0 Å². The molecule has 24 heavy (non-hydrogen) atoms. The Hall–Kier alpha value is -1.51. The Morgan fingerprint density at radius 3 is 2.25 bits per heavy atom. The van der Waals surface area contributed by atoms with Crippen LogP contribution in [0.3, 0.4) is 0 Å². The van der Waals surface area contributed by atoms with Crippen molar-refractivity contribution in [1.82, 2.24) is 0 Å². The number of rotatable bonds is 9. The Morgan fingerprint density at radius 1 is 0.958 bits per heavy atom. The molecule has 1 saturated carbocycles. The van der Waals surface area contributed by atoms with Gasteiger partial charge in [0, 0.05) is 0 Å². The van der Waals surface area contributed by atoms with Crippen molar-refractivity contribution in [2.75, 3.05) is 6.61 Å². The number of unbranched alkanes of at least 4 members (excludes halogenated alkanes) is 2. The van der Waals surface area contributed by atoms with Gasteiger partial charge in [0.15, 0.2) is 0 Å². The van der Waals surface area contributed by atoms with Gasteiger partial charge in [-0.05, 0) is 62.3 Å². The van der Waals surface area contributed by atoms with Gasteiger partial charge in [0.2, 0.25) is 0 Å². The molecular weight excluding hydrogens is 300 g/mol. The molecule has 0 unspecified atom stereocenters. The quantitative estimate of drug-likeness (QED) is 0.327. The van der Waals surface area contributed by atoms with Crippen LogP contribution in [0.5, 0.6) is 11.5 Å². The molecule has 1 aliphatic carbocycles. The van der Waals surface area contributed by atoms with E-state index in [0.717, 1.165) is 30.9 Å². The molecule has 0 heterocycles. The van der Waals surface area contributed by atoms with Gasteiger partial charge in [0.05, 0.1) is 12.5 Å². The molecule has 0 saturated heterocycles. The normalized spacial score (nSPS) is 20.6. The lowest BCUT2D eigenvalue weighted by Crippen LogP contribution is -2.25. The first-order valence-corrected chi connectivity index (χ1v) is 9.67. The second-order valence-corrected chi connectivity index (χ2v) is 6.95. The average molecular weight is 332 g/mol. The molecular formula is C21H32O3. The van der Waals surface area contributed by atoms with Gasteiger partial charge in [0.1, 0.15) is 11.5 Å². The maximum atomic E-state index is 12.3. The van der Waals surface area contributed by atoms with Gasteiger partial charge >= 0.3 is 5.97 Å². The molecule has 3 nitrogen and oxygen atoms in total. The summed E-state index contributed by atoms with van der Waals surface area (Å²) in [5, 5.41) is 0. The molecule has 0 radical (unpaired) electrons. The summed E-state index contributed by atoms with van der Waals surface area (Å²) in [7, 11) is 0. The Balaban J connectivity index is 1.73. The van der Waals surface area contributed by atoms with E-state index in [1.807, 2.05) is 24.3 Å². The van der Waals surface area contributed by atoms with Crippen molar-refractivity contribution in [2.24, 2.45) is 11.8 Å². The van der Waals surface area contributed by atoms with E-state index in [0.29, 0.717) is 12.4 Å². The van der Waals surface area contributed by atoms with Crippen LogP contribution in [0.1, 0.15) is 71.6 Å². The van der Waals surface area contributed by atoms with Crippen LogP contribution in [0, 0.1) is 11.8 Å². The van der Waals surface area contributed by atoms with Crippen molar-refractivity contribution in [3.05, 3.63) is 24.3 Å². The molecule has 0 amide bonds. The summed E-state index contributed by atoms with van der Waals surface area (Å²) in [6.07, 6.45) is 10.6. The van der Waals surface area contributed by atoms with Gasteiger partial charge < -0.3 is 9.47 Å². The molecule has 0 aliphatic heterocycles. The zero-order valence-electron chi connectivity index (χ0n) is 15.3. The summed E-state index contributed by atoms with van der Waals surface area (Å²) < 4.78 is 11.1. The average Bonchev–Trinajstić information content (AvgIpc) is 2.62. The van der Waals surface area contributed by atoms with Crippen molar-refractivity contribution < 1.29 is 14.3 Å². The highest BCUT2D eigenvalue weighted by Crippen LogP contribution is 2.33. The van der Waals surface area contributed by atoms with E-state index in [-0.39, 0.29) is 11.9 Å². The molecule has 1 aromatic rings. The highest BCUT2D eigenvalue weighted by Gasteiger charge is 2.27. The molecule has 0 N–H and O–H groups in total. The Bertz CT molecular complexity index is 472. The van der Waals surface area contributed by atoms with Crippen LogP contribution >= 0.6 is 0 Å². The lowest BCUT2D eigenvalue weighted by Gasteiger charge is -2.27. The fourth-order valence-corrected chi connectivity index (χ4v) is 3.39. The van der Waals surface area contributed by atoms with Crippen molar-refractivity contribution in [1.29, 1.82) is 0 Å². The Morgan fingerprint density at radius 2 is 1.62 bits per heavy atom. The molecule has 0 spiro atoms. The van der Waals surface area contributed by atoms with Crippen LogP contribution in [0.25, 0.3) is 0 Å². The van der Waals surface area contributed by atoms with Gasteiger partial charge in [0.25, 0.3) is 0 Å². The van der Waals surface area contributed by atoms with Crippen LogP contribution in [0.15, 0.2) is 24.3 Å². The van der Waals surface area contributed by atoms with E-state index in [1.165, 1.54) is 38.5 Å². The standard InChI is InChI=1S/C21H32O3/c1-3-5-6-7-17-8-10-18(11-9-17)21(22)24-20-14-12-19(13-15-20)23-16-4-2/h12-15,17-18H,3-11,16H2,1-2H3/t17-,18-. The number of hydrogen-bond acceptors (Lipinski definition) is 3. The number of benzene rings is 1. The first-order chi connectivity index (χ1) is 11.7. The van der Waals surface area contributed by atoms with Crippen LogP contribution < -0.4 is 9.47 Å². The third-order valence-corrected chi connectivity index (χ3v) is 4.91. The third kappa shape index (κ3) is 6.18. The predicted molar refractivity (Wildman–Crippen MR) is 97.5 cm³/mol. The number of ether oxygens (including phenoxy) is 2. The number of hydrogen-bond donors (Lipinski definition) is 0. The van der Waals surface area contributed by atoms with Crippen LogP contribution in [-0.4, -0.2) is 12.6 Å². The monoisotopic (exact) mass is 332 g/mol. The summed E-state index contributed by atoms with van der Waals surface area (Å²) in [4.78, 5) is 12.3. The van der Waals surface area contributed by atoms with Crippen LogP contribution in [-0.2, 0) is 4.79 Å². The molecule has 0 bridgehead atoms. The highest BCUT2D eigenvalue weighted by atomic mass is 16.5. The molecule has 0 atom stereocenters. The van der Waals surface area contributed by atoms with Gasteiger partial charge in [-0.15, -0.1) is 0 Å². The van der Waals surface area contributed by atoms with Crippen molar-refractivity contribution in [3.63, 3.8) is 0 Å². The van der Waals surface area contributed by atoms with E-state index in [2.05, 4.69) is 13.8 Å². The third-order valence-electron chi connectivity index (χ3n) is 4.91. The van der Waals surface area contributed by atoms with E-state index in [4.69, 9.17) is 9.47 Å². The maximum absolute atomic E-state index is 12.3. The zero-order valence-corrected chi connectivity index (χ0v) is 15.3. The fraction of sp³-hybridized carbons (Fsp3) is 0.667. The minimum absolute atomic E-state index is 0.0655. The number of carbonyl (C=O) groups excluding carboxylic acids is 1. The van der Waals surface area contributed by atoms with Crippen molar-refractivity contribution in [3.8, 4) is 11.5 Å². The summed E-state index contributed by atoms with van der Waals surface area (Å²) in [6, 6.07) is 7.37. The maximum Gasteiger partial charge on any atom is 0.314 e. The number of esters is 1. The Kier molecular flexibility index (Phi) is 8.14. The lowest BCUT2D eigenvalue weighted by molar-refractivity contribution is -0.140. The number of carbonyl (C=O) groups is 1. The van der Waals surface area contributed by atoms with Gasteiger partial charge in [-0.1, -0.05) is 39.5 Å². The predicted octanol–water partition coefficient (Wildman–Crippen LogP) is 5.77. The second-order valence-electron chi connectivity index (χ2n) is 6.95. The van der Waals surface area contributed by atoms with E-state index in [1.54, 1.807) is 0 Å². The molecule has 1 fully saturated rings. The summed E-state index contributed by atoms with van der Waals surface area (Å²) in [5.74, 6) is 2.27. The fourth-order valence-electron chi connectivity index (χ4n) is 3.39. The SMILES string of the molecule is CCCCC[C@H]1CC[C@H](C(=O)Oc2ccc(OCCC)cc2)CC1. The van der Waals surface area contributed by atoms with Gasteiger partial charge in [-0.2, -0.15) is 0 Å². The molecule has 2 rings (SSSR count). The second kappa shape index (κ2) is 10.4. The van der Waals surface area contributed by atoms with Crippen LogP contribution in [0.4, 0.5) is 0 Å². The minimum Gasteiger partial charge on any atom is -0.494 e. The smallest absolute Gasteiger partial charge is 0.314 e. The minimum atomic E-state index is -0.0655. The largest absolute Gasteiger partial charge is 0.494 e. The lowest BCUT2D eigenvalue weighted by atomic mass is 9.80. The van der Waals surface area contributed by atoms with Gasteiger partial charge in [-0.25, -0.2) is 0 Å². The Labute approximate surface area is 146 Å². The topological polar surface area (TPSA) is 35.5 Å². The van der Waals surface area contributed by atoms with E-state index in [9.17, 15) is 4.79 Å². The highest BCUT2D eigenvalue weighted by molar-refractivity contribution is 5.75. The first kappa shape index (κ1) is 18.8. The molecule has 1 aromatic carbocycles. The van der Waals surface area contributed by atoms with Crippen molar-refractivity contribution >= 4 is 5.97 Å². The van der Waals surface area contributed by atoms with E-state index < -0.39 is 0 Å². The molecule has 3 heteroatoms. The van der Waals surface area contributed by atoms with Gasteiger partial charge in [-0.3, -0.25) is 4.79 Å². The summed E-state index contributed by atoms with van der Waals surface area (Å²) in [6.45, 7) is 5.03. The first-order valence-electron chi connectivity index (χ1n) is 9.67. The molecule has 1 aliphatic rings. The van der Waals surface area contributed by atoms with E-state index >= 15 is 0 Å².